The topological polar surface area (TPSA) is 53.9 Å². The van der Waals surface area contributed by atoms with Crippen molar-refractivity contribution >= 4 is 23.1 Å². The molecule has 18 heavy (non-hydrogen) atoms. The Morgan fingerprint density at radius 1 is 1.17 bits per heavy atom. The first-order valence-corrected chi connectivity index (χ1v) is 5.42. The summed E-state index contributed by atoms with van der Waals surface area (Å²) in [5.41, 5.74) is 1.51. The molecule has 3 rings (SSSR count). The maximum Gasteiger partial charge on any atom is 0.183 e. The van der Waals surface area contributed by atoms with Gasteiger partial charge in [0.25, 0.3) is 0 Å². The van der Waals surface area contributed by atoms with Gasteiger partial charge in [-0.15, -0.1) is 0 Å². The number of H-pyrrole nitrogens is 1. The minimum absolute atomic E-state index is 0.262. The van der Waals surface area contributed by atoms with E-state index in [1.807, 2.05) is 12.1 Å². The average Bonchev–Trinajstić information content (AvgIpc) is 2.82. The SMILES string of the molecule is Fc1ccc(C=Nc2n[nH]c3ncccc23)cc1. The third-order valence-electron chi connectivity index (χ3n) is 2.52. The molecule has 0 aliphatic heterocycles. The van der Waals surface area contributed by atoms with E-state index in [4.69, 9.17) is 0 Å². The number of aromatic nitrogens is 3. The largest absolute Gasteiger partial charge is 0.259 e. The minimum Gasteiger partial charge on any atom is -0.259 e. The van der Waals surface area contributed by atoms with E-state index in [1.165, 1.54) is 12.1 Å². The molecule has 0 bridgehead atoms. The van der Waals surface area contributed by atoms with Crippen LogP contribution < -0.4 is 0 Å². The molecule has 2 aromatic heterocycles. The summed E-state index contributed by atoms with van der Waals surface area (Å²) in [6.45, 7) is 0. The Balaban J connectivity index is 1.94. The maximum atomic E-state index is 12.7. The number of nitrogens with zero attached hydrogens (tertiary/aromatic N) is 3. The van der Waals surface area contributed by atoms with Gasteiger partial charge in [-0.1, -0.05) is 12.1 Å². The fraction of sp³-hybridized carbons (Fsp3) is 0. The molecule has 0 unspecified atom stereocenters. The summed E-state index contributed by atoms with van der Waals surface area (Å²) in [5.74, 6) is 0.309. The van der Waals surface area contributed by atoms with Gasteiger partial charge in [-0.3, -0.25) is 5.10 Å². The second-order valence-corrected chi connectivity index (χ2v) is 3.76. The first-order chi connectivity index (χ1) is 8.83. The molecular formula is C13H9FN4. The second kappa shape index (κ2) is 4.37. The first kappa shape index (κ1) is 10.6. The van der Waals surface area contributed by atoms with E-state index in [-0.39, 0.29) is 5.82 Å². The van der Waals surface area contributed by atoms with Crippen LogP contribution in [-0.4, -0.2) is 21.4 Å². The summed E-state index contributed by atoms with van der Waals surface area (Å²) >= 11 is 0. The van der Waals surface area contributed by atoms with Gasteiger partial charge in [0, 0.05) is 12.4 Å². The maximum absolute atomic E-state index is 12.7. The van der Waals surface area contributed by atoms with Crippen LogP contribution in [0.5, 0.6) is 0 Å². The number of aliphatic imine (C=N–C) groups is 1. The highest BCUT2D eigenvalue weighted by atomic mass is 19.1. The molecular weight excluding hydrogens is 231 g/mol. The molecule has 1 aromatic carbocycles. The van der Waals surface area contributed by atoms with Crippen LogP contribution in [0.4, 0.5) is 10.2 Å². The number of halogens is 1. The molecule has 1 N–H and O–H groups in total. The van der Waals surface area contributed by atoms with E-state index < -0.39 is 0 Å². The lowest BCUT2D eigenvalue weighted by molar-refractivity contribution is 0.628. The molecule has 0 amide bonds. The molecule has 2 heterocycles. The molecule has 4 nitrogen and oxygen atoms in total. The highest BCUT2D eigenvalue weighted by molar-refractivity contribution is 5.89. The monoisotopic (exact) mass is 240 g/mol. The van der Waals surface area contributed by atoms with Crippen molar-refractivity contribution in [1.29, 1.82) is 0 Å². The molecule has 0 saturated carbocycles. The predicted molar refractivity (Wildman–Crippen MR) is 67.5 cm³/mol. The highest BCUT2D eigenvalue weighted by Gasteiger charge is 2.02. The van der Waals surface area contributed by atoms with Gasteiger partial charge in [0.1, 0.15) is 5.82 Å². The minimum atomic E-state index is -0.262. The first-order valence-electron chi connectivity index (χ1n) is 5.42. The smallest absolute Gasteiger partial charge is 0.183 e. The van der Waals surface area contributed by atoms with Crippen LogP contribution in [0.1, 0.15) is 5.56 Å². The number of nitrogens with one attached hydrogen (secondary N) is 1. The summed E-state index contributed by atoms with van der Waals surface area (Å²) in [6, 6.07) is 9.83. The van der Waals surface area contributed by atoms with Crippen molar-refractivity contribution in [2.24, 2.45) is 4.99 Å². The van der Waals surface area contributed by atoms with Crippen molar-refractivity contribution in [2.45, 2.75) is 0 Å². The number of rotatable bonds is 2. The van der Waals surface area contributed by atoms with Crippen molar-refractivity contribution in [3.05, 3.63) is 54.0 Å². The number of hydrogen-bond donors (Lipinski definition) is 1. The molecule has 0 radical (unpaired) electrons. The fourth-order valence-electron chi connectivity index (χ4n) is 1.62. The van der Waals surface area contributed by atoms with E-state index in [2.05, 4.69) is 20.2 Å². The molecule has 88 valence electrons. The van der Waals surface area contributed by atoms with E-state index >= 15 is 0 Å². The summed E-state index contributed by atoms with van der Waals surface area (Å²) in [5, 5.41) is 7.72. The number of fused-ring (bicyclic) bond motifs is 1. The predicted octanol–water partition coefficient (Wildman–Crippen LogP) is 2.85. The van der Waals surface area contributed by atoms with Gasteiger partial charge in [0.05, 0.1) is 5.39 Å². The second-order valence-electron chi connectivity index (χ2n) is 3.76. The van der Waals surface area contributed by atoms with Crippen LogP contribution in [0.2, 0.25) is 0 Å². The van der Waals surface area contributed by atoms with Gasteiger partial charge >= 0.3 is 0 Å². The Morgan fingerprint density at radius 2 is 2.00 bits per heavy atom. The van der Waals surface area contributed by atoms with E-state index in [1.54, 1.807) is 24.5 Å². The van der Waals surface area contributed by atoms with Gasteiger partial charge < -0.3 is 0 Å². The summed E-state index contributed by atoms with van der Waals surface area (Å²) in [7, 11) is 0. The third kappa shape index (κ3) is 1.98. The molecule has 0 spiro atoms. The van der Waals surface area contributed by atoms with Crippen molar-refractivity contribution in [3.63, 3.8) is 0 Å². The van der Waals surface area contributed by atoms with Gasteiger partial charge in [-0.05, 0) is 29.8 Å². The summed E-state index contributed by atoms with van der Waals surface area (Å²) in [4.78, 5) is 8.39. The number of pyridine rings is 1. The zero-order valence-corrected chi connectivity index (χ0v) is 9.34. The Morgan fingerprint density at radius 3 is 2.83 bits per heavy atom. The quantitative estimate of drug-likeness (QED) is 0.700. The van der Waals surface area contributed by atoms with E-state index in [0.29, 0.717) is 11.5 Å². The van der Waals surface area contributed by atoms with Crippen LogP contribution >= 0.6 is 0 Å². The number of benzene rings is 1. The van der Waals surface area contributed by atoms with Crippen molar-refractivity contribution < 1.29 is 4.39 Å². The standard InChI is InChI=1S/C13H9FN4/c14-10-5-3-9(4-6-10)8-16-13-11-2-1-7-15-12(11)17-18-13/h1-8H,(H,15,17,18). The van der Waals surface area contributed by atoms with Gasteiger partial charge in [-0.2, -0.15) is 5.10 Å². The molecule has 0 atom stereocenters. The van der Waals surface area contributed by atoms with Crippen LogP contribution in [0, 0.1) is 5.82 Å². The molecule has 0 aliphatic rings. The number of hydrogen-bond acceptors (Lipinski definition) is 3. The van der Waals surface area contributed by atoms with Gasteiger partial charge in [0.2, 0.25) is 0 Å². The Bertz CT molecular complexity index is 700. The Kier molecular flexibility index (Phi) is 2.57. The molecule has 0 fully saturated rings. The molecule has 0 saturated heterocycles. The van der Waals surface area contributed by atoms with Crippen molar-refractivity contribution in [3.8, 4) is 0 Å². The highest BCUT2D eigenvalue weighted by Crippen LogP contribution is 2.20. The average molecular weight is 240 g/mol. The van der Waals surface area contributed by atoms with Gasteiger partial charge in [0.15, 0.2) is 11.5 Å². The Labute approximate surface area is 102 Å². The normalized spacial score (nSPS) is 11.4. The fourth-order valence-corrected chi connectivity index (χ4v) is 1.62. The van der Waals surface area contributed by atoms with Crippen molar-refractivity contribution in [1.82, 2.24) is 15.2 Å². The number of aromatic amines is 1. The van der Waals surface area contributed by atoms with E-state index in [0.717, 1.165) is 10.9 Å². The molecule has 5 heteroatoms. The van der Waals surface area contributed by atoms with Crippen LogP contribution in [0.25, 0.3) is 11.0 Å². The summed E-state index contributed by atoms with van der Waals surface area (Å²) in [6.07, 6.45) is 3.33. The summed E-state index contributed by atoms with van der Waals surface area (Å²) < 4.78 is 12.7. The van der Waals surface area contributed by atoms with Crippen LogP contribution in [-0.2, 0) is 0 Å². The lowest BCUT2D eigenvalue weighted by Gasteiger charge is -1.92. The Hall–Kier alpha value is -2.56. The van der Waals surface area contributed by atoms with Crippen molar-refractivity contribution in [2.75, 3.05) is 0 Å². The van der Waals surface area contributed by atoms with Gasteiger partial charge in [-0.25, -0.2) is 14.4 Å². The van der Waals surface area contributed by atoms with E-state index in [9.17, 15) is 4.39 Å². The zero-order valence-electron chi connectivity index (χ0n) is 9.34. The third-order valence-corrected chi connectivity index (χ3v) is 2.52. The molecule has 3 aromatic rings. The lowest BCUT2D eigenvalue weighted by Crippen LogP contribution is -1.81. The van der Waals surface area contributed by atoms with Crippen LogP contribution in [0.15, 0.2) is 47.6 Å². The lowest BCUT2D eigenvalue weighted by atomic mass is 10.2. The van der Waals surface area contributed by atoms with Crippen LogP contribution in [0.3, 0.4) is 0 Å². The zero-order chi connectivity index (χ0) is 12.4. The molecule has 0 aliphatic carbocycles.